The van der Waals surface area contributed by atoms with Gasteiger partial charge in [0.2, 0.25) is 0 Å². The van der Waals surface area contributed by atoms with Crippen LogP contribution >= 0.6 is 36.0 Å². The lowest BCUT2D eigenvalue weighted by Crippen LogP contribution is -2.09. The van der Waals surface area contributed by atoms with Crippen LogP contribution in [0.2, 0.25) is 5.02 Å². The number of alkyl halides is 3. The van der Waals surface area contributed by atoms with E-state index in [2.05, 4.69) is 33.1 Å². The van der Waals surface area contributed by atoms with Gasteiger partial charge in [0.25, 0.3) is 0 Å². The Labute approximate surface area is 214 Å². The van der Waals surface area contributed by atoms with Gasteiger partial charge in [-0.05, 0) is 30.0 Å². The number of methoxy groups -OCH3 is 1. The Bertz CT molecular complexity index is 820. The van der Waals surface area contributed by atoms with Crippen LogP contribution in [-0.4, -0.2) is 43.4 Å². The Kier molecular flexibility index (Phi) is 20.8. The molecule has 0 aliphatic rings. The summed E-state index contributed by atoms with van der Waals surface area (Å²) in [4.78, 5) is 11.4. The maximum Gasteiger partial charge on any atom is 0.416 e. The van der Waals surface area contributed by atoms with Gasteiger partial charge >= 0.3 is 12.1 Å². The Balaban J connectivity index is 0. The van der Waals surface area contributed by atoms with Gasteiger partial charge in [-0.25, -0.2) is 4.79 Å². The second-order valence-corrected chi connectivity index (χ2v) is 7.77. The monoisotopic (exact) mass is 540 g/mol. The van der Waals surface area contributed by atoms with Crippen molar-refractivity contribution in [1.29, 1.82) is 0 Å². The first-order chi connectivity index (χ1) is 16.0. The van der Waals surface area contributed by atoms with Crippen molar-refractivity contribution in [3.05, 3.63) is 71.3 Å². The topological polar surface area (TPSA) is 55.8 Å². The third-order valence-electron chi connectivity index (χ3n) is 3.15. The number of hydrogen-bond donors (Lipinski definition) is 2. The van der Waals surface area contributed by atoms with Crippen molar-refractivity contribution in [2.45, 2.75) is 31.3 Å². The van der Waals surface area contributed by atoms with E-state index >= 15 is 0 Å². The fraction of sp³-hybridized carbons (Fsp3) is 0.375. The van der Waals surface area contributed by atoms with Crippen molar-refractivity contribution in [2.24, 2.45) is 0 Å². The normalized spacial score (nSPS) is 9.79. The number of ether oxygens (including phenoxy) is 2. The zero-order chi connectivity index (χ0) is 26.6. The van der Waals surface area contributed by atoms with Crippen LogP contribution in [0.25, 0.3) is 0 Å². The van der Waals surface area contributed by atoms with Crippen LogP contribution in [-0.2, 0) is 15.7 Å². The maximum absolute atomic E-state index is 11.8. The van der Waals surface area contributed by atoms with Gasteiger partial charge in [0.15, 0.2) is 6.61 Å². The Morgan fingerprint density at radius 2 is 1.68 bits per heavy atom. The Hall–Kier alpha value is -1.81. The molecular formula is C24H32ClF3O4S2. The highest BCUT2D eigenvalue weighted by molar-refractivity contribution is 7.99. The van der Waals surface area contributed by atoms with Crippen molar-refractivity contribution in [3.8, 4) is 5.75 Å². The van der Waals surface area contributed by atoms with E-state index in [0.29, 0.717) is 17.4 Å². The summed E-state index contributed by atoms with van der Waals surface area (Å²) in [6, 6.07) is 11.6. The molecule has 0 saturated carbocycles. The molecule has 1 N–H and O–H groups in total. The lowest BCUT2D eigenvalue weighted by molar-refractivity contribution is -0.139. The smallest absolute Gasteiger partial charge is 0.416 e. The molecule has 0 spiro atoms. The highest BCUT2D eigenvalue weighted by atomic mass is 35.5. The molecule has 0 radical (unpaired) electrons. The number of halogens is 4. The number of thiol groups is 1. The van der Waals surface area contributed by atoms with E-state index in [-0.39, 0.29) is 0 Å². The zero-order valence-corrected chi connectivity index (χ0v) is 22.2. The van der Waals surface area contributed by atoms with E-state index in [1.54, 1.807) is 43.3 Å². The molecule has 0 fully saturated rings. The van der Waals surface area contributed by atoms with Crippen molar-refractivity contribution < 1.29 is 32.5 Å². The molecule has 0 saturated heterocycles. The number of carboxylic acid groups (broad SMARTS) is 1. The third kappa shape index (κ3) is 17.6. The molecule has 0 aliphatic carbocycles. The molecule has 0 heterocycles. The summed E-state index contributed by atoms with van der Waals surface area (Å²) in [6.45, 7) is 8.25. The van der Waals surface area contributed by atoms with Crippen LogP contribution < -0.4 is 4.74 Å². The second-order valence-electron chi connectivity index (χ2n) is 6.32. The van der Waals surface area contributed by atoms with Crippen LogP contribution in [0, 0.1) is 0 Å². The molecule has 0 unspecified atom stereocenters. The average Bonchev–Trinajstić information content (AvgIpc) is 2.79. The third-order valence-corrected chi connectivity index (χ3v) is 4.58. The van der Waals surface area contributed by atoms with Gasteiger partial charge in [0, 0.05) is 17.8 Å². The van der Waals surface area contributed by atoms with Gasteiger partial charge < -0.3 is 14.6 Å². The molecule has 2 aromatic carbocycles. The van der Waals surface area contributed by atoms with Crippen LogP contribution in [0.1, 0.15) is 25.8 Å². The van der Waals surface area contributed by atoms with Crippen LogP contribution in [0.15, 0.2) is 65.6 Å². The fourth-order valence-corrected chi connectivity index (χ4v) is 3.01. The molecule has 0 atom stereocenters. The molecule has 34 heavy (non-hydrogen) atoms. The van der Waals surface area contributed by atoms with Gasteiger partial charge in [-0.2, -0.15) is 25.8 Å². The van der Waals surface area contributed by atoms with E-state index in [9.17, 15) is 18.0 Å². The molecule has 10 heteroatoms. The van der Waals surface area contributed by atoms with Crippen molar-refractivity contribution >= 4 is 42.0 Å². The van der Waals surface area contributed by atoms with Gasteiger partial charge in [0.05, 0.1) is 17.2 Å². The molecule has 4 nitrogen and oxygen atoms in total. The first-order valence-electron chi connectivity index (χ1n) is 10.0. The summed E-state index contributed by atoms with van der Waals surface area (Å²) in [5, 5.41) is 8.91. The van der Waals surface area contributed by atoms with Crippen LogP contribution in [0.4, 0.5) is 13.2 Å². The predicted octanol–water partition coefficient (Wildman–Crippen LogP) is 7.77. The molecule has 0 amide bonds. The number of carbonyl (C=O) groups is 1. The van der Waals surface area contributed by atoms with E-state index < -0.39 is 24.3 Å². The summed E-state index contributed by atoms with van der Waals surface area (Å²) < 4.78 is 45.4. The highest BCUT2D eigenvalue weighted by Gasteiger charge is 2.29. The number of carboxylic acids is 1. The number of benzene rings is 2. The van der Waals surface area contributed by atoms with E-state index in [1.807, 2.05) is 6.07 Å². The van der Waals surface area contributed by atoms with E-state index in [0.717, 1.165) is 28.4 Å². The van der Waals surface area contributed by atoms with Crippen molar-refractivity contribution in [2.75, 3.05) is 32.3 Å². The van der Waals surface area contributed by atoms with Crippen molar-refractivity contribution in [3.63, 3.8) is 0 Å². The summed E-state index contributed by atoms with van der Waals surface area (Å²) in [5.41, 5.74) is 0.379. The molecule has 0 bridgehead atoms. The SMILES string of the molecule is C=C(COC)CSc1ccc(OCC(=O)O)c(Cl)c1.CCC.CS.FC(F)(F)c1ccccc1. The molecule has 0 aliphatic heterocycles. The van der Waals surface area contributed by atoms with Crippen LogP contribution in [0.3, 0.4) is 0 Å². The average molecular weight is 541 g/mol. The fourth-order valence-electron chi connectivity index (χ4n) is 1.89. The lowest BCUT2D eigenvalue weighted by Gasteiger charge is -2.08. The van der Waals surface area contributed by atoms with Gasteiger partial charge in [-0.1, -0.05) is 68.8 Å². The van der Waals surface area contributed by atoms with Crippen LogP contribution in [0.5, 0.6) is 5.75 Å². The predicted molar refractivity (Wildman–Crippen MR) is 139 cm³/mol. The summed E-state index contributed by atoms with van der Waals surface area (Å²) in [5.74, 6) is 0.0639. The maximum atomic E-state index is 11.8. The number of rotatable bonds is 8. The standard InChI is InChI=1S/C13H15ClO4S.C7H5F3.C3H8.CH4S/c1-9(6-17-2)8-19-10-3-4-12(11(14)5-10)18-7-13(15)16;8-7(9,10)6-4-2-1-3-5-6;1-3-2;1-2/h3-5H,1,6-8H2,2H3,(H,15,16);1-5H;3H2,1-2H3;2H,1H3. The zero-order valence-electron chi connectivity index (χ0n) is 19.7. The second kappa shape index (κ2) is 20.6. The summed E-state index contributed by atoms with van der Waals surface area (Å²) in [7, 11) is 1.63. The van der Waals surface area contributed by atoms with Gasteiger partial charge in [-0.3, -0.25) is 0 Å². The minimum Gasteiger partial charge on any atom is -0.480 e. The molecule has 192 valence electrons. The Morgan fingerprint density at radius 3 is 2.09 bits per heavy atom. The van der Waals surface area contributed by atoms with E-state index in [1.165, 1.54) is 18.6 Å². The Morgan fingerprint density at radius 1 is 1.12 bits per heavy atom. The largest absolute Gasteiger partial charge is 0.480 e. The van der Waals surface area contributed by atoms with Gasteiger partial charge in [-0.15, -0.1) is 11.8 Å². The quantitative estimate of drug-likeness (QED) is 0.203. The number of hydrogen-bond acceptors (Lipinski definition) is 5. The van der Waals surface area contributed by atoms with E-state index in [4.69, 9.17) is 26.2 Å². The summed E-state index contributed by atoms with van der Waals surface area (Å²) in [6.07, 6.45) is -1.26. The summed E-state index contributed by atoms with van der Waals surface area (Å²) >= 11 is 11.1. The molecule has 0 aromatic heterocycles. The van der Waals surface area contributed by atoms with Gasteiger partial charge in [0.1, 0.15) is 5.75 Å². The molecular weight excluding hydrogens is 509 g/mol. The highest BCUT2D eigenvalue weighted by Crippen LogP contribution is 2.30. The minimum atomic E-state index is -4.21. The van der Waals surface area contributed by atoms with Crippen molar-refractivity contribution in [1.82, 2.24) is 0 Å². The lowest BCUT2D eigenvalue weighted by atomic mass is 10.2. The minimum absolute atomic E-state index is 0.365. The molecule has 2 aromatic rings. The first-order valence-corrected chi connectivity index (χ1v) is 12.3. The first kappa shape index (κ1) is 34.4. The number of thioether (sulfide) groups is 1. The molecule has 2 rings (SSSR count). The number of aliphatic carboxylic acids is 1.